The molecule has 2 aromatic carbocycles. The number of rotatable bonds is 9. The molecule has 2 aliphatic rings. The number of thioether (sulfide) groups is 1. The number of aromatic nitrogens is 1. The van der Waals surface area contributed by atoms with E-state index in [9.17, 15) is 14.4 Å². The van der Waals surface area contributed by atoms with Crippen LogP contribution in [-0.4, -0.2) is 57.7 Å². The largest absolute Gasteiger partial charge is 0.448 e. The van der Waals surface area contributed by atoms with Crippen molar-refractivity contribution >= 4 is 51.7 Å². The molecule has 3 aromatic rings. The van der Waals surface area contributed by atoms with Gasteiger partial charge < -0.3 is 20.6 Å². The molecule has 1 unspecified atom stereocenters. The summed E-state index contributed by atoms with van der Waals surface area (Å²) in [6.07, 6.45) is 0.862. The number of ether oxygens (including phenoxy) is 1. The minimum atomic E-state index is -0.899. The van der Waals surface area contributed by atoms with Gasteiger partial charge in [0.15, 0.2) is 16.9 Å². The Morgan fingerprint density at radius 2 is 1.82 bits per heavy atom. The molecule has 0 aliphatic carbocycles. The summed E-state index contributed by atoms with van der Waals surface area (Å²) in [5.41, 5.74) is 8.08. The summed E-state index contributed by atoms with van der Waals surface area (Å²) in [5, 5.41) is 7.78. The van der Waals surface area contributed by atoms with Crippen molar-refractivity contribution in [2.75, 3.05) is 18.6 Å². The standard InChI is InChI=1S/C28H25N5O5S2/c1-3-16-14-39-26-21(31-24(34)20(32-37-2)19-15-40-28(29)30-19)25(35)33(26)22(16)27(36)38-23(17-10-6-4-7-11-17)18-12-8-5-9-13-18/h3-13,15,21,23,26H,1,14H2,2H3,(H2,29,30)(H,31,34)/t21?,26-/m1/s1. The Hall–Kier alpha value is -4.42. The van der Waals surface area contributed by atoms with Gasteiger partial charge in [-0.25, -0.2) is 9.78 Å². The SMILES string of the molecule is C=CC1=C(C(=O)OC(c2ccccc2)c2ccccc2)N2C(=O)C(NC(=O)C(=NOC)c3csc(N)n3)[C@H]2SC1. The van der Waals surface area contributed by atoms with Crippen LogP contribution in [0, 0.1) is 0 Å². The molecule has 0 bridgehead atoms. The lowest BCUT2D eigenvalue weighted by molar-refractivity contribution is -0.154. The third kappa shape index (κ3) is 5.23. The number of allylic oxidation sites excluding steroid dienone is 1. The number of carbonyl (C=O) groups excluding carboxylic acids is 3. The molecule has 2 amide bonds. The summed E-state index contributed by atoms with van der Waals surface area (Å²) in [6.45, 7) is 3.84. The van der Waals surface area contributed by atoms with Crippen molar-refractivity contribution in [2.24, 2.45) is 5.16 Å². The molecule has 1 fully saturated rings. The molecule has 1 saturated heterocycles. The van der Waals surface area contributed by atoms with E-state index < -0.39 is 35.3 Å². The number of nitrogens with zero attached hydrogens (tertiary/aromatic N) is 3. The van der Waals surface area contributed by atoms with Crippen LogP contribution in [-0.2, 0) is 24.0 Å². The molecule has 3 N–H and O–H groups in total. The van der Waals surface area contributed by atoms with Gasteiger partial charge in [0, 0.05) is 11.1 Å². The summed E-state index contributed by atoms with van der Waals surface area (Å²) < 4.78 is 6.05. The molecule has 204 valence electrons. The van der Waals surface area contributed by atoms with Crippen molar-refractivity contribution in [3.05, 3.63) is 107 Å². The monoisotopic (exact) mass is 575 g/mol. The molecule has 3 heterocycles. The molecule has 40 heavy (non-hydrogen) atoms. The lowest BCUT2D eigenvalue weighted by Crippen LogP contribution is -2.71. The molecule has 1 aromatic heterocycles. The first-order valence-corrected chi connectivity index (χ1v) is 14.1. The Balaban J connectivity index is 1.38. The number of anilines is 1. The normalized spacial score (nSPS) is 18.6. The maximum atomic E-state index is 13.7. The molecule has 2 aliphatic heterocycles. The Kier molecular flexibility index (Phi) is 7.99. The van der Waals surface area contributed by atoms with Crippen molar-refractivity contribution < 1.29 is 24.0 Å². The Labute approximate surface area is 238 Å². The van der Waals surface area contributed by atoms with Gasteiger partial charge >= 0.3 is 5.97 Å². The zero-order chi connectivity index (χ0) is 28.2. The number of β-lactam (4-membered cyclic amide) rings is 1. The fraction of sp³-hybridized carbons (Fsp3) is 0.179. The minimum Gasteiger partial charge on any atom is -0.448 e. The maximum Gasteiger partial charge on any atom is 0.356 e. The van der Waals surface area contributed by atoms with Crippen molar-refractivity contribution in [1.82, 2.24) is 15.2 Å². The average Bonchev–Trinajstić information content (AvgIpc) is 3.42. The molecule has 5 rings (SSSR count). The number of thiazole rings is 1. The molecule has 10 nitrogen and oxygen atoms in total. The van der Waals surface area contributed by atoms with Crippen LogP contribution in [0.4, 0.5) is 5.13 Å². The van der Waals surface area contributed by atoms with E-state index in [0.29, 0.717) is 11.3 Å². The smallest absolute Gasteiger partial charge is 0.356 e. The predicted octanol–water partition coefficient (Wildman–Crippen LogP) is 3.25. The third-order valence-corrected chi connectivity index (χ3v) is 8.29. The lowest BCUT2D eigenvalue weighted by atomic mass is 10.0. The number of hydrogen-bond donors (Lipinski definition) is 2. The molecule has 2 atom stereocenters. The second kappa shape index (κ2) is 11.8. The Morgan fingerprint density at radius 3 is 2.38 bits per heavy atom. The van der Waals surface area contributed by atoms with E-state index >= 15 is 0 Å². The molecule has 0 spiro atoms. The minimum absolute atomic E-state index is 0.113. The summed E-state index contributed by atoms with van der Waals surface area (Å²) in [5.74, 6) is -1.36. The highest BCUT2D eigenvalue weighted by Gasteiger charge is 2.54. The van der Waals surface area contributed by atoms with Gasteiger partial charge in [-0.05, 0) is 16.7 Å². The average molecular weight is 576 g/mol. The number of fused-ring (bicyclic) bond motifs is 1. The highest BCUT2D eigenvalue weighted by Crippen LogP contribution is 2.42. The fourth-order valence-electron chi connectivity index (χ4n) is 4.44. The van der Waals surface area contributed by atoms with E-state index in [1.807, 2.05) is 60.7 Å². The van der Waals surface area contributed by atoms with Crippen LogP contribution < -0.4 is 11.1 Å². The van der Waals surface area contributed by atoms with Gasteiger partial charge in [-0.3, -0.25) is 14.5 Å². The second-order valence-electron chi connectivity index (χ2n) is 8.74. The fourth-order valence-corrected chi connectivity index (χ4v) is 6.33. The lowest BCUT2D eigenvalue weighted by Gasteiger charge is -2.49. The van der Waals surface area contributed by atoms with E-state index in [4.69, 9.17) is 15.3 Å². The number of carbonyl (C=O) groups is 3. The van der Waals surface area contributed by atoms with E-state index in [1.54, 1.807) is 11.5 Å². The number of esters is 1. The highest BCUT2D eigenvalue weighted by atomic mass is 32.2. The zero-order valence-electron chi connectivity index (χ0n) is 21.4. The van der Waals surface area contributed by atoms with E-state index in [0.717, 1.165) is 22.5 Å². The molecular formula is C28H25N5O5S2. The third-order valence-electron chi connectivity index (χ3n) is 6.32. The van der Waals surface area contributed by atoms with Gasteiger partial charge in [-0.15, -0.1) is 23.1 Å². The van der Waals surface area contributed by atoms with Crippen LogP contribution in [0.2, 0.25) is 0 Å². The van der Waals surface area contributed by atoms with E-state index in [2.05, 4.69) is 22.0 Å². The Bertz CT molecular complexity index is 1470. The van der Waals surface area contributed by atoms with Gasteiger partial charge in [0.25, 0.3) is 11.8 Å². The van der Waals surface area contributed by atoms with Crippen molar-refractivity contribution in [1.29, 1.82) is 0 Å². The Morgan fingerprint density at radius 1 is 1.18 bits per heavy atom. The zero-order valence-corrected chi connectivity index (χ0v) is 23.0. The first kappa shape index (κ1) is 27.2. The van der Waals surface area contributed by atoms with E-state index in [-0.39, 0.29) is 22.2 Å². The number of amides is 2. The summed E-state index contributed by atoms with van der Waals surface area (Å²) >= 11 is 2.55. The van der Waals surface area contributed by atoms with Gasteiger partial charge in [-0.2, -0.15) is 0 Å². The topological polar surface area (TPSA) is 136 Å². The molecule has 0 saturated carbocycles. The number of oxime groups is 1. The van der Waals surface area contributed by atoms with Gasteiger partial charge in [0.1, 0.15) is 29.9 Å². The first-order valence-electron chi connectivity index (χ1n) is 12.2. The summed E-state index contributed by atoms with van der Waals surface area (Å²) in [6, 6.07) is 17.9. The number of hydrogen-bond acceptors (Lipinski definition) is 10. The molecular weight excluding hydrogens is 550 g/mol. The molecule has 12 heteroatoms. The van der Waals surface area contributed by atoms with Crippen LogP contribution in [0.3, 0.4) is 0 Å². The highest BCUT2D eigenvalue weighted by molar-refractivity contribution is 8.00. The summed E-state index contributed by atoms with van der Waals surface area (Å²) in [7, 11) is 1.30. The molecule has 0 radical (unpaired) electrons. The number of nitrogens with two attached hydrogens (primary N) is 1. The van der Waals surface area contributed by atoms with Crippen LogP contribution in [0.15, 0.2) is 95.1 Å². The first-order chi connectivity index (χ1) is 19.4. The van der Waals surface area contributed by atoms with Gasteiger partial charge in [0.2, 0.25) is 0 Å². The maximum absolute atomic E-state index is 13.7. The number of nitrogens with one attached hydrogen (secondary N) is 1. The van der Waals surface area contributed by atoms with Crippen molar-refractivity contribution in [3.8, 4) is 0 Å². The van der Waals surface area contributed by atoms with Crippen LogP contribution in [0.5, 0.6) is 0 Å². The quantitative estimate of drug-likeness (QED) is 0.172. The van der Waals surface area contributed by atoms with E-state index in [1.165, 1.54) is 23.8 Å². The summed E-state index contributed by atoms with van der Waals surface area (Å²) in [4.78, 5) is 50.4. The predicted molar refractivity (Wildman–Crippen MR) is 153 cm³/mol. The van der Waals surface area contributed by atoms with Crippen molar-refractivity contribution in [3.63, 3.8) is 0 Å². The second-order valence-corrected chi connectivity index (χ2v) is 10.7. The van der Waals surface area contributed by atoms with Gasteiger partial charge in [0.05, 0.1) is 0 Å². The van der Waals surface area contributed by atoms with Crippen LogP contribution in [0.25, 0.3) is 0 Å². The van der Waals surface area contributed by atoms with Crippen LogP contribution >= 0.6 is 23.1 Å². The van der Waals surface area contributed by atoms with Crippen LogP contribution in [0.1, 0.15) is 22.9 Å². The number of benzene rings is 2. The number of nitrogen functional groups attached to an aromatic ring is 1. The van der Waals surface area contributed by atoms with Crippen molar-refractivity contribution in [2.45, 2.75) is 17.5 Å². The van der Waals surface area contributed by atoms with Gasteiger partial charge in [-0.1, -0.05) is 78.5 Å².